The van der Waals surface area contributed by atoms with E-state index in [-0.39, 0.29) is 27.0 Å². The number of amides is 1. The van der Waals surface area contributed by atoms with Gasteiger partial charge in [-0.1, -0.05) is 38.5 Å². The van der Waals surface area contributed by atoms with E-state index in [9.17, 15) is 13.2 Å². The van der Waals surface area contributed by atoms with Crippen molar-refractivity contribution in [3.05, 3.63) is 0 Å². The molecular weight excluding hydrogens is 274 g/mol. The van der Waals surface area contributed by atoms with Crippen LogP contribution in [-0.2, 0) is 14.6 Å². The first-order valence-electron chi connectivity index (χ1n) is 5.74. The van der Waals surface area contributed by atoms with Crippen molar-refractivity contribution in [1.29, 1.82) is 0 Å². The lowest BCUT2D eigenvalue weighted by molar-refractivity contribution is -0.118. The monoisotopic (exact) mass is 291 g/mol. The fourth-order valence-electron chi connectivity index (χ4n) is 1.06. The summed E-state index contributed by atoms with van der Waals surface area (Å²) in [6, 6.07) is 0. The molecule has 0 bridgehead atoms. The van der Waals surface area contributed by atoms with E-state index in [2.05, 4.69) is 15.5 Å². The number of rotatable bonds is 6. The summed E-state index contributed by atoms with van der Waals surface area (Å²) in [5.41, 5.74) is 0. The van der Waals surface area contributed by atoms with Crippen molar-refractivity contribution in [2.75, 3.05) is 11.1 Å². The lowest BCUT2D eigenvalue weighted by atomic mass is 10.2. The van der Waals surface area contributed by atoms with Crippen LogP contribution in [-0.4, -0.2) is 30.3 Å². The van der Waals surface area contributed by atoms with Crippen molar-refractivity contribution in [3.8, 4) is 0 Å². The van der Waals surface area contributed by atoms with E-state index in [4.69, 9.17) is 0 Å². The first-order chi connectivity index (χ1) is 8.36. The topological polar surface area (TPSA) is 89.0 Å². The fraction of sp³-hybridized carbons (Fsp3) is 0.700. The normalized spacial score (nSPS) is 11.8. The summed E-state index contributed by atoms with van der Waals surface area (Å²) >= 11 is 0.894. The molecule has 0 spiro atoms. The molecule has 1 aromatic heterocycles. The van der Waals surface area contributed by atoms with Crippen molar-refractivity contribution in [3.63, 3.8) is 0 Å². The average Bonchev–Trinajstić information content (AvgIpc) is 2.75. The highest BCUT2D eigenvalue weighted by Gasteiger charge is 2.20. The Balaban J connectivity index is 2.77. The maximum atomic E-state index is 11.8. The molecule has 0 aromatic carbocycles. The average molecular weight is 291 g/mol. The van der Waals surface area contributed by atoms with Crippen LogP contribution in [0.3, 0.4) is 0 Å². The molecule has 18 heavy (non-hydrogen) atoms. The van der Waals surface area contributed by atoms with Crippen LogP contribution >= 0.6 is 11.3 Å². The fourth-order valence-corrected chi connectivity index (χ4v) is 3.54. The predicted molar refractivity (Wildman–Crippen MR) is 70.3 cm³/mol. The highest BCUT2D eigenvalue weighted by atomic mass is 32.2. The third-order valence-corrected chi connectivity index (χ3v) is 5.28. The van der Waals surface area contributed by atoms with Crippen molar-refractivity contribution in [2.24, 2.45) is 5.92 Å². The maximum Gasteiger partial charge on any atom is 0.234 e. The SMILES string of the molecule is CCCCS(=O)(=O)c1nnc(NC(=O)C(C)C)s1. The summed E-state index contributed by atoms with van der Waals surface area (Å²) in [6.45, 7) is 5.41. The quantitative estimate of drug-likeness (QED) is 0.806. The van der Waals surface area contributed by atoms with Gasteiger partial charge in [0.15, 0.2) is 0 Å². The van der Waals surface area contributed by atoms with Gasteiger partial charge >= 0.3 is 0 Å². The highest BCUT2D eigenvalue weighted by molar-refractivity contribution is 7.93. The number of carbonyl (C=O) groups is 1. The van der Waals surface area contributed by atoms with Gasteiger partial charge in [-0.15, -0.1) is 10.2 Å². The van der Waals surface area contributed by atoms with Crippen LogP contribution < -0.4 is 5.32 Å². The van der Waals surface area contributed by atoms with Crippen LogP contribution in [0, 0.1) is 5.92 Å². The first-order valence-corrected chi connectivity index (χ1v) is 8.20. The second kappa shape index (κ2) is 6.24. The molecule has 0 aliphatic carbocycles. The molecule has 0 atom stereocenters. The van der Waals surface area contributed by atoms with E-state index >= 15 is 0 Å². The molecule has 0 aliphatic heterocycles. The number of hydrogen-bond donors (Lipinski definition) is 1. The number of aromatic nitrogens is 2. The lowest BCUT2D eigenvalue weighted by Crippen LogP contribution is -2.17. The zero-order chi connectivity index (χ0) is 13.8. The van der Waals surface area contributed by atoms with Gasteiger partial charge in [0.25, 0.3) is 0 Å². The Hall–Kier alpha value is -1.02. The molecule has 0 radical (unpaired) electrons. The molecule has 1 rings (SSSR count). The van der Waals surface area contributed by atoms with Crippen molar-refractivity contribution in [2.45, 2.75) is 38.0 Å². The third-order valence-electron chi connectivity index (χ3n) is 2.19. The maximum absolute atomic E-state index is 11.8. The molecule has 0 saturated carbocycles. The van der Waals surface area contributed by atoms with Gasteiger partial charge in [0, 0.05) is 5.92 Å². The minimum absolute atomic E-state index is 0.0324. The number of nitrogens with one attached hydrogen (secondary N) is 1. The second-order valence-corrected chi connectivity index (χ2v) is 7.45. The van der Waals surface area contributed by atoms with Gasteiger partial charge in [-0.3, -0.25) is 4.79 Å². The molecule has 0 unspecified atom stereocenters. The summed E-state index contributed by atoms with van der Waals surface area (Å²) in [6.07, 6.45) is 1.39. The number of hydrogen-bond acceptors (Lipinski definition) is 6. The first kappa shape index (κ1) is 15.0. The molecule has 0 fully saturated rings. The van der Waals surface area contributed by atoms with Crippen molar-refractivity contribution in [1.82, 2.24) is 10.2 Å². The lowest BCUT2D eigenvalue weighted by Gasteiger charge is -2.02. The highest BCUT2D eigenvalue weighted by Crippen LogP contribution is 2.22. The smallest absolute Gasteiger partial charge is 0.234 e. The van der Waals surface area contributed by atoms with Gasteiger partial charge in [-0.2, -0.15) is 0 Å². The Morgan fingerprint density at radius 1 is 1.39 bits per heavy atom. The molecule has 1 heterocycles. The number of anilines is 1. The molecule has 8 heteroatoms. The predicted octanol–water partition coefficient (Wildman–Crippen LogP) is 1.71. The third kappa shape index (κ3) is 4.02. The standard InChI is InChI=1S/C10H17N3O3S2/c1-4-5-6-18(15,16)10-13-12-9(17-10)11-8(14)7(2)3/h7H,4-6H2,1-3H3,(H,11,12,14). The summed E-state index contributed by atoms with van der Waals surface area (Å²) in [5.74, 6) is -0.325. The number of nitrogens with zero attached hydrogens (tertiary/aromatic N) is 2. The van der Waals surface area contributed by atoms with Gasteiger partial charge in [0.05, 0.1) is 5.75 Å². The largest absolute Gasteiger partial charge is 0.300 e. The van der Waals surface area contributed by atoms with Crippen LogP contribution in [0.5, 0.6) is 0 Å². The van der Waals surface area contributed by atoms with E-state index in [0.717, 1.165) is 17.8 Å². The Morgan fingerprint density at radius 2 is 2.06 bits per heavy atom. The van der Waals surface area contributed by atoms with E-state index < -0.39 is 9.84 Å². The molecule has 0 saturated heterocycles. The minimum Gasteiger partial charge on any atom is -0.300 e. The van der Waals surface area contributed by atoms with Crippen LogP contribution in [0.2, 0.25) is 0 Å². The van der Waals surface area contributed by atoms with Gasteiger partial charge in [0.1, 0.15) is 0 Å². The van der Waals surface area contributed by atoms with Gasteiger partial charge in [-0.05, 0) is 6.42 Å². The second-order valence-electron chi connectivity index (χ2n) is 4.19. The molecule has 1 aromatic rings. The Morgan fingerprint density at radius 3 is 2.61 bits per heavy atom. The summed E-state index contributed by atoms with van der Waals surface area (Å²) in [4.78, 5) is 11.4. The molecule has 1 amide bonds. The van der Waals surface area contributed by atoms with E-state index in [1.165, 1.54) is 0 Å². The van der Waals surface area contributed by atoms with Crippen LogP contribution in [0.15, 0.2) is 4.34 Å². The molecule has 1 N–H and O–H groups in total. The van der Waals surface area contributed by atoms with Crippen LogP contribution in [0.25, 0.3) is 0 Å². The zero-order valence-corrected chi connectivity index (χ0v) is 12.3. The number of carbonyl (C=O) groups excluding carboxylic acids is 1. The molecular formula is C10H17N3O3S2. The molecule has 0 aliphatic rings. The Kier molecular flexibility index (Phi) is 5.21. The molecule has 102 valence electrons. The van der Waals surface area contributed by atoms with Crippen LogP contribution in [0.4, 0.5) is 5.13 Å². The van der Waals surface area contributed by atoms with E-state index in [1.807, 2.05) is 6.92 Å². The van der Waals surface area contributed by atoms with E-state index in [1.54, 1.807) is 13.8 Å². The van der Waals surface area contributed by atoms with E-state index in [0.29, 0.717) is 6.42 Å². The summed E-state index contributed by atoms with van der Waals surface area (Å²) in [5, 5.41) is 10.0. The molecule has 6 nitrogen and oxygen atoms in total. The minimum atomic E-state index is -3.36. The van der Waals surface area contributed by atoms with Crippen molar-refractivity contribution < 1.29 is 13.2 Å². The van der Waals surface area contributed by atoms with Gasteiger partial charge in [0.2, 0.25) is 25.2 Å². The number of sulfone groups is 1. The summed E-state index contributed by atoms with van der Waals surface area (Å²) in [7, 11) is -3.36. The van der Waals surface area contributed by atoms with Crippen molar-refractivity contribution >= 4 is 32.2 Å². The summed E-state index contributed by atoms with van der Waals surface area (Å²) < 4.78 is 23.6. The van der Waals surface area contributed by atoms with Crippen LogP contribution in [0.1, 0.15) is 33.6 Å². The zero-order valence-electron chi connectivity index (χ0n) is 10.6. The Bertz CT molecular complexity index is 508. The van der Waals surface area contributed by atoms with Gasteiger partial charge in [-0.25, -0.2) is 8.42 Å². The number of unbranched alkanes of at least 4 members (excludes halogenated alkanes) is 1. The van der Waals surface area contributed by atoms with Gasteiger partial charge < -0.3 is 5.32 Å². The Labute approximate surface area is 111 Å².